The number of amides is 1. The number of ether oxygens (including phenoxy) is 1. The minimum Gasteiger partial charge on any atom is -0.497 e. The fraction of sp³-hybridized carbons (Fsp3) is 0.316. The Hall–Kier alpha value is -1.90. The molecule has 0 bridgehead atoms. The molecule has 0 aliphatic carbocycles. The van der Waals surface area contributed by atoms with Gasteiger partial charge in [0, 0.05) is 11.0 Å². The summed E-state index contributed by atoms with van der Waals surface area (Å²) in [5, 5.41) is 2.84. The Bertz CT molecular complexity index is 868. The molecule has 1 N–H and O–H groups in total. The monoisotopic (exact) mass is 454 g/mol. The third kappa shape index (κ3) is 5.54. The van der Waals surface area contributed by atoms with E-state index in [1.807, 2.05) is 31.2 Å². The first-order valence-electron chi connectivity index (χ1n) is 8.47. The van der Waals surface area contributed by atoms with Crippen molar-refractivity contribution in [2.45, 2.75) is 24.8 Å². The van der Waals surface area contributed by atoms with Gasteiger partial charge >= 0.3 is 0 Å². The second-order valence-corrected chi connectivity index (χ2v) is 8.80. The second kappa shape index (κ2) is 9.34. The molecule has 2 aromatic rings. The van der Waals surface area contributed by atoms with Gasteiger partial charge in [-0.2, -0.15) is 4.31 Å². The molecule has 0 aliphatic rings. The van der Waals surface area contributed by atoms with Crippen molar-refractivity contribution in [3.8, 4) is 5.75 Å². The third-order valence-electron chi connectivity index (χ3n) is 4.12. The quantitative estimate of drug-likeness (QED) is 0.663. The van der Waals surface area contributed by atoms with Crippen LogP contribution >= 0.6 is 15.9 Å². The summed E-state index contributed by atoms with van der Waals surface area (Å²) < 4.78 is 32.6. The van der Waals surface area contributed by atoms with E-state index in [1.165, 1.54) is 12.1 Å². The first kappa shape index (κ1) is 21.4. The molecule has 0 heterocycles. The van der Waals surface area contributed by atoms with E-state index in [2.05, 4.69) is 21.2 Å². The van der Waals surface area contributed by atoms with Crippen LogP contribution in [0.3, 0.4) is 0 Å². The number of methoxy groups -OCH3 is 1. The maximum Gasteiger partial charge on any atom is 0.243 e. The van der Waals surface area contributed by atoms with E-state index in [0.29, 0.717) is 0 Å². The highest BCUT2D eigenvalue weighted by Gasteiger charge is 2.25. The van der Waals surface area contributed by atoms with Crippen LogP contribution in [0.2, 0.25) is 0 Å². The average molecular weight is 455 g/mol. The van der Waals surface area contributed by atoms with Gasteiger partial charge in [0.2, 0.25) is 15.9 Å². The SMILES string of the molecule is CCN(CC(=O)N[C@@H](C)c1ccc(OC)cc1)S(=O)(=O)c1ccc(Br)cc1. The summed E-state index contributed by atoms with van der Waals surface area (Å²) in [6.07, 6.45) is 0. The minimum atomic E-state index is -3.74. The van der Waals surface area contributed by atoms with Crippen LogP contribution in [0.25, 0.3) is 0 Å². The lowest BCUT2D eigenvalue weighted by molar-refractivity contribution is -0.121. The molecule has 1 amide bonds. The molecule has 146 valence electrons. The van der Waals surface area contributed by atoms with Gasteiger partial charge in [0.15, 0.2) is 0 Å². The molecule has 27 heavy (non-hydrogen) atoms. The van der Waals surface area contributed by atoms with Crippen molar-refractivity contribution in [1.82, 2.24) is 9.62 Å². The molecular weight excluding hydrogens is 432 g/mol. The van der Waals surface area contributed by atoms with Gasteiger partial charge in [-0.3, -0.25) is 4.79 Å². The molecule has 0 saturated carbocycles. The molecule has 2 rings (SSSR count). The standard InChI is InChI=1S/C19H23BrN2O4S/c1-4-22(27(24,25)18-11-7-16(20)8-12-18)13-19(23)21-14(2)15-5-9-17(26-3)10-6-15/h5-12,14H,4,13H2,1-3H3,(H,21,23)/t14-/m0/s1. The van der Waals surface area contributed by atoms with Crippen molar-refractivity contribution in [1.29, 1.82) is 0 Å². The zero-order chi connectivity index (χ0) is 20.0. The number of nitrogens with zero attached hydrogens (tertiary/aromatic N) is 1. The minimum absolute atomic E-state index is 0.156. The summed E-state index contributed by atoms with van der Waals surface area (Å²) in [6, 6.07) is 13.4. The Balaban J connectivity index is 2.06. The zero-order valence-corrected chi connectivity index (χ0v) is 17.9. The molecule has 1 atom stereocenters. The average Bonchev–Trinajstić information content (AvgIpc) is 2.66. The number of hydrogen-bond donors (Lipinski definition) is 1. The molecule has 2 aromatic carbocycles. The van der Waals surface area contributed by atoms with Gasteiger partial charge in [-0.15, -0.1) is 0 Å². The highest BCUT2D eigenvalue weighted by atomic mass is 79.9. The first-order valence-corrected chi connectivity index (χ1v) is 10.7. The van der Waals surface area contributed by atoms with Gasteiger partial charge in [-0.05, 0) is 48.9 Å². The Morgan fingerprint density at radius 1 is 1.15 bits per heavy atom. The molecule has 0 radical (unpaired) electrons. The van der Waals surface area contributed by atoms with Crippen molar-refractivity contribution in [2.24, 2.45) is 0 Å². The summed E-state index contributed by atoms with van der Waals surface area (Å²) >= 11 is 3.28. The molecule has 0 aromatic heterocycles. The predicted octanol–water partition coefficient (Wildman–Crippen LogP) is 3.35. The number of halogens is 1. The van der Waals surface area contributed by atoms with E-state index in [-0.39, 0.29) is 29.9 Å². The number of nitrogens with one attached hydrogen (secondary N) is 1. The van der Waals surface area contributed by atoms with E-state index in [0.717, 1.165) is 20.1 Å². The lowest BCUT2D eigenvalue weighted by atomic mass is 10.1. The number of rotatable bonds is 8. The highest BCUT2D eigenvalue weighted by Crippen LogP contribution is 2.20. The van der Waals surface area contributed by atoms with Crippen molar-refractivity contribution >= 4 is 31.9 Å². The van der Waals surface area contributed by atoms with Crippen LogP contribution in [0.15, 0.2) is 57.9 Å². The maximum atomic E-state index is 12.8. The normalized spacial score (nSPS) is 12.6. The van der Waals surface area contributed by atoms with Crippen molar-refractivity contribution in [2.75, 3.05) is 20.2 Å². The molecular formula is C19H23BrN2O4S. The predicted molar refractivity (Wildman–Crippen MR) is 108 cm³/mol. The number of hydrogen-bond acceptors (Lipinski definition) is 4. The summed E-state index contributed by atoms with van der Waals surface area (Å²) in [6.45, 7) is 3.51. The second-order valence-electron chi connectivity index (χ2n) is 5.95. The van der Waals surface area contributed by atoms with Crippen LogP contribution in [0.1, 0.15) is 25.5 Å². The zero-order valence-electron chi connectivity index (χ0n) is 15.5. The van der Waals surface area contributed by atoms with Crippen molar-refractivity contribution in [3.63, 3.8) is 0 Å². The van der Waals surface area contributed by atoms with E-state index in [4.69, 9.17) is 4.74 Å². The summed E-state index contributed by atoms with van der Waals surface area (Å²) in [4.78, 5) is 12.6. The van der Waals surface area contributed by atoms with Gasteiger partial charge < -0.3 is 10.1 Å². The van der Waals surface area contributed by atoms with Gasteiger partial charge in [0.25, 0.3) is 0 Å². The highest BCUT2D eigenvalue weighted by molar-refractivity contribution is 9.10. The largest absolute Gasteiger partial charge is 0.497 e. The number of carbonyl (C=O) groups is 1. The van der Waals surface area contributed by atoms with Crippen LogP contribution < -0.4 is 10.1 Å². The number of benzene rings is 2. The topological polar surface area (TPSA) is 75.7 Å². The Morgan fingerprint density at radius 3 is 2.26 bits per heavy atom. The van der Waals surface area contributed by atoms with Crippen LogP contribution in [0.4, 0.5) is 0 Å². The molecule has 0 saturated heterocycles. The van der Waals surface area contributed by atoms with Crippen molar-refractivity contribution < 1.29 is 17.9 Å². The number of carbonyl (C=O) groups excluding carboxylic acids is 1. The van der Waals surface area contributed by atoms with Crippen molar-refractivity contribution in [3.05, 3.63) is 58.6 Å². The molecule has 0 fully saturated rings. The van der Waals surface area contributed by atoms with E-state index < -0.39 is 10.0 Å². The van der Waals surface area contributed by atoms with Crippen LogP contribution in [0, 0.1) is 0 Å². The molecule has 8 heteroatoms. The molecule has 0 unspecified atom stereocenters. The maximum absolute atomic E-state index is 12.8. The number of likely N-dealkylation sites (N-methyl/N-ethyl adjacent to an activating group) is 1. The Labute approximate surface area is 168 Å². The van der Waals surface area contributed by atoms with Gasteiger partial charge in [0.05, 0.1) is 24.6 Å². The lowest BCUT2D eigenvalue weighted by Gasteiger charge is -2.22. The number of sulfonamides is 1. The summed E-state index contributed by atoms with van der Waals surface area (Å²) in [5.41, 5.74) is 0.906. The van der Waals surface area contributed by atoms with Crippen LogP contribution in [-0.2, 0) is 14.8 Å². The fourth-order valence-electron chi connectivity index (χ4n) is 2.55. The van der Waals surface area contributed by atoms with Gasteiger partial charge in [0.1, 0.15) is 5.75 Å². The lowest BCUT2D eigenvalue weighted by Crippen LogP contribution is -2.41. The van der Waals surface area contributed by atoms with Crippen LogP contribution in [-0.4, -0.2) is 38.8 Å². The summed E-state index contributed by atoms with van der Waals surface area (Å²) in [7, 11) is -2.15. The Kier molecular flexibility index (Phi) is 7.41. The third-order valence-corrected chi connectivity index (χ3v) is 6.58. The first-order chi connectivity index (χ1) is 12.8. The smallest absolute Gasteiger partial charge is 0.243 e. The summed E-state index contributed by atoms with van der Waals surface area (Å²) in [5.74, 6) is 0.371. The molecule has 0 aliphatic heterocycles. The fourth-order valence-corrected chi connectivity index (χ4v) is 4.22. The van der Waals surface area contributed by atoms with Crippen LogP contribution in [0.5, 0.6) is 5.75 Å². The van der Waals surface area contributed by atoms with E-state index in [1.54, 1.807) is 26.2 Å². The van der Waals surface area contributed by atoms with Gasteiger partial charge in [-0.1, -0.05) is 35.0 Å². The molecule has 0 spiro atoms. The van der Waals surface area contributed by atoms with Gasteiger partial charge in [-0.25, -0.2) is 8.42 Å². The van der Waals surface area contributed by atoms with E-state index in [9.17, 15) is 13.2 Å². The molecule has 6 nitrogen and oxygen atoms in total. The Morgan fingerprint density at radius 2 is 1.74 bits per heavy atom. The van der Waals surface area contributed by atoms with E-state index >= 15 is 0 Å².